The van der Waals surface area contributed by atoms with Gasteiger partial charge in [-0.15, -0.1) is 0 Å². The lowest BCUT2D eigenvalue weighted by Crippen LogP contribution is -2.42. The summed E-state index contributed by atoms with van der Waals surface area (Å²) in [5.41, 5.74) is 1.31. The van der Waals surface area contributed by atoms with Gasteiger partial charge in [0.15, 0.2) is 0 Å². The molecule has 1 saturated heterocycles. The van der Waals surface area contributed by atoms with Gasteiger partial charge in [-0.3, -0.25) is 4.79 Å². The Morgan fingerprint density at radius 3 is 2.65 bits per heavy atom. The van der Waals surface area contributed by atoms with Crippen LogP contribution in [0.1, 0.15) is 36.5 Å². The van der Waals surface area contributed by atoms with Crippen LogP contribution in [0.5, 0.6) is 0 Å². The highest BCUT2D eigenvalue weighted by Crippen LogP contribution is 2.20. The van der Waals surface area contributed by atoms with E-state index in [-0.39, 0.29) is 11.9 Å². The minimum atomic E-state index is -0.286. The molecule has 1 aliphatic rings. The molecule has 0 bridgehead atoms. The molecule has 126 valence electrons. The SMILES string of the molecule is COCCNC(=O)Nc1ccc(C(=O)N2CCCC[C@@H]2C)cc1. The van der Waals surface area contributed by atoms with Crippen molar-refractivity contribution >= 4 is 17.6 Å². The number of hydrogen-bond acceptors (Lipinski definition) is 3. The summed E-state index contributed by atoms with van der Waals surface area (Å²) in [6.45, 7) is 3.83. The molecule has 1 fully saturated rings. The molecule has 23 heavy (non-hydrogen) atoms. The second-order valence-electron chi connectivity index (χ2n) is 5.79. The molecule has 6 heteroatoms. The minimum Gasteiger partial charge on any atom is -0.383 e. The molecule has 2 rings (SSSR count). The lowest BCUT2D eigenvalue weighted by molar-refractivity contribution is 0.0635. The molecule has 0 radical (unpaired) electrons. The van der Waals surface area contributed by atoms with Crippen molar-refractivity contribution in [2.75, 3.05) is 32.1 Å². The zero-order valence-corrected chi connectivity index (χ0v) is 13.8. The van der Waals surface area contributed by atoms with Crippen LogP contribution in [0.25, 0.3) is 0 Å². The molecule has 0 saturated carbocycles. The number of ether oxygens (including phenoxy) is 1. The van der Waals surface area contributed by atoms with Crippen molar-refractivity contribution < 1.29 is 14.3 Å². The van der Waals surface area contributed by atoms with Crippen LogP contribution in [0.2, 0.25) is 0 Å². The van der Waals surface area contributed by atoms with E-state index in [1.54, 1.807) is 31.4 Å². The summed E-state index contributed by atoms with van der Waals surface area (Å²) in [4.78, 5) is 26.1. The summed E-state index contributed by atoms with van der Waals surface area (Å²) in [5, 5.41) is 5.40. The third-order valence-corrected chi connectivity index (χ3v) is 4.05. The Bertz CT molecular complexity index is 530. The van der Waals surface area contributed by atoms with Gasteiger partial charge in [0.25, 0.3) is 5.91 Å². The van der Waals surface area contributed by atoms with Crippen LogP contribution in [0, 0.1) is 0 Å². The second kappa shape index (κ2) is 8.53. The van der Waals surface area contributed by atoms with E-state index >= 15 is 0 Å². The maximum absolute atomic E-state index is 12.5. The van der Waals surface area contributed by atoms with Crippen molar-refractivity contribution in [3.63, 3.8) is 0 Å². The van der Waals surface area contributed by atoms with Crippen molar-refractivity contribution in [2.24, 2.45) is 0 Å². The number of urea groups is 1. The van der Waals surface area contributed by atoms with E-state index < -0.39 is 0 Å². The third-order valence-electron chi connectivity index (χ3n) is 4.05. The molecule has 6 nitrogen and oxygen atoms in total. The first-order valence-corrected chi connectivity index (χ1v) is 8.06. The molecule has 1 atom stereocenters. The van der Waals surface area contributed by atoms with Crippen molar-refractivity contribution in [3.8, 4) is 0 Å². The molecule has 1 aliphatic heterocycles. The number of carbonyl (C=O) groups excluding carboxylic acids is 2. The van der Waals surface area contributed by atoms with Crippen molar-refractivity contribution in [1.29, 1.82) is 0 Å². The summed E-state index contributed by atoms with van der Waals surface area (Å²) in [5.74, 6) is 0.0632. The minimum absolute atomic E-state index is 0.0632. The van der Waals surface area contributed by atoms with Crippen molar-refractivity contribution in [3.05, 3.63) is 29.8 Å². The molecule has 0 aromatic heterocycles. The maximum atomic E-state index is 12.5. The summed E-state index contributed by atoms with van der Waals surface area (Å²) in [6, 6.07) is 7.02. The fraction of sp³-hybridized carbons (Fsp3) is 0.529. The van der Waals surface area contributed by atoms with Gasteiger partial charge >= 0.3 is 6.03 Å². The van der Waals surface area contributed by atoms with Gasteiger partial charge < -0.3 is 20.3 Å². The predicted octanol–water partition coefficient (Wildman–Crippen LogP) is 2.47. The first-order chi connectivity index (χ1) is 11.1. The first kappa shape index (κ1) is 17.3. The van der Waals surface area contributed by atoms with E-state index in [0.717, 1.165) is 19.4 Å². The zero-order valence-electron chi connectivity index (χ0n) is 13.8. The van der Waals surface area contributed by atoms with Crippen molar-refractivity contribution in [1.82, 2.24) is 10.2 Å². The van der Waals surface area contributed by atoms with E-state index in [1.165, 1.54) is 6.42 Å². The van der Waals surface area contributed by atoms with E-state index in [2.05, 4.69) is 17.6 Å². The molecule has 1 aromatic rings. The van der Waals surface area contributed by atoms with Crippen molar-refractivity contribution in [2.45, 2.75) is 32.2 Å². The highest BCUT2D eigenvalue weighted by molar-refractivity contribution is 5.95. The number of benzene rings is 1. The monoisotopic (exact) mass is 319 g/mol. The molecular formula is C17H25N3O3. The summed E-state index contributed by atoms with van der Waals surface area (Å²) in [7, 11) is 1.58. The number of carbonyl (C=O) groups is 2. The molecule has 2 N–H and O–H groups in total. The Morgan fingerprint density at radius 1 is 1.26 bits per heavy atom. The number of nitrogens with zero attached hydrogens (tertiary/aromatic N) is 1. The van der Waals surface area contributed by atoms with Gasteiger partial charge in [0.2, 0.25) is 0 Å². The van der Waals surface area contributed by atoms with Crippen LogP contribution < -0.4 is 10.6 Å². The number of amides is 3. The average molecular weight is 319 g/mol. The first-order valence-electron chi connectivity index (χ1n) is 8.06. The van der Waals surface area contributed by atoms with Gasteiger partial charge in [-0.25, -0.2) is 4.79 Å². The van der Waals surface area contributed by atoms with E-state index in [9.17, 15) is 9.59 Å². The predicted molar refractivity (Wildman–Crippen MR) is 89.7 cm³/mol. The third kappa shape index (κ3) is 4.96. The number of likely N-dealkylation sites (tertiary alicyclic amines) is 1. The Labute approximate surface area is 137 Å². The highest BCUT2D eigenvalue weighted by atomic mass is 16.5. The lowest BCUT2D eigenvalue weighted by atomic mass is 10.0. The van der Waals surface area contributed by atoms with Crippen LogP contribution in [0.15, 0.2) is 24.3 Å². The fourth-order valence-corrected chi connectivity index (χ4v) is 2.70. The largest absolute Gasteiger partial charge is 0.383 e. The topological polar surface area (TPSA) is 70.7 Å². The number of nitrogens with one attached hydrogen (secondary N) is 2. The smallest absolute Gasteiger partial charge is 0.319 e. The van der Waals surface area contributed by atoms with Gasteiger partial charge in [-0.05, 0) is 50.5 Å². The number of piperidine rings is 1. The van der Waals surface area contributed by atoms with Gasteiger partial charge in [0.05, 0.1) is 6.61 Å². The average Bonchev–Trinajstić information content (AvgIpc) is 2.56. The van der Waals surface area contributed by atoms with Gasteiger partial charge in [0, 0.05) is 37.5 Å². The number of anilines is 1. The van der Waals surface area contributed by atoms with Crippen LogP contribution in [-0.4, -0.2) is 49.7 Å². The molecule has 0 spiro atoms. The number of hydrogen-bond donors (Lipinski definition) is 2. The van der Waals surface area contributed by atoms with Gasteiger partial charge in [0.1, 0.15) is 0 Å². The van der Waals surface area contributed by atoms with Crippen LogP contribution in [0.3, 0.4) is 0 Å². The molecule has 3 amide bonds. The van der Waals surface area contributed by atoms with Crippen LogP contribution in [0.4, 0.5) is 10.5 Å². The number of methoxy groups -OCH3 is 1. The second-order valence-corrected chi connectivity index (χ2v) is 5.79. The number of rotatable bonds is 5. The standard InChI is InChI=1S/C17H25N3O3/c1-13-5-3-4-11-20(13)16(21)14-6-8-15(9-7-14)19-17(22)18-10-12-23-2/h6-9,13H,3-5,10-12H2,1-2H3,(H2,18,19,22)/t13-/m0/s1. The highest BCUT2D eigenvalue weighted by Gasteiger charge is 2.23. The Morgan fingerprint density at radius 2 is 2.00 bits per heavy atom. The normalized spacial score (nSPS) is 17.7. The summed E-state index contributed by atoms with van der Waals surface area (Å²) < 4.78 is 4.87. The Balaban J connectivity index is 1.91. The summed E-state index contributed by atoms with van der Waals surface area (Å²) in [6.07, 6.45) is 3.32. The molecule has 0 unspecified atom stereocenters. The summed E-state index contributed by atoms with van der Waals surface area (Å²) >= 11 is 0. The van der Waals surface area contributed by atoms with E-state index in [1.807, 2.05) is 4.90 Å². The van der Waals surface area contributed by atoms with Gasteiger partial charge in [-0.2, -0.15) is 0 Å². The Hall–Kier alpha value is -2.08. The molecule has 0 aliphatic carbocycles. The van der Waals surface area contributed by atoms with Gasteiger partial charge in [-0.1, -0.05) is 0 Å². The van der Waals surface area contributed by atoms with Crippen LogP contribution in [-0.2, 0) is 4.74 Å². The quantitative estimate of drug-likeness (QED) is 0.819. The lowest BCUT2D eigenvalue weighted by Gasteiger charge is -2.33. The molecular weight excluding hydrogens is 294 g/mol. The Kier molecular flexibility index (Phi) is 6.40. The van der Waals surface area contributed by atoms with E-state index in [4.69, 9.17) is 4.74 Å². The zero-order chi connectivity index (χ0) is 16.7. The maximum Gasteiger partial charge on any atom is 0.319 e. The molecule has 1 heterocycles. The van der Waals surface area contributed by atoms with Crippen LogP contribution >= 0.6 is 0 Å². The fourth-order valence-electron chi connectivity index (χ4n) is 2.70. The van der Waals surface area contributed by atoms with E-state index in [0.29, 0.717) is 30.4 Å². The molecule has 1 aromatic carbocycles.